The first kappa shape index (κ1) is 15.7. The number of hydrogen-bond donors (Lipinski definition) is 1. The van der Waals surface area contributed by atoms with Crippen LogP contribution in [0.3, 0.4) is 0 Å². The molecule has 3 atom stereocenters. The molecule has 0 fully saturated rings. The molecule has 0 aliphatic rings. The lowest BCUT2D eigenvalue weighted by atomic mass is 10.0. The molecule has 1 rings (SSSR count). The topological polar surface area (TPSA) is 35.2 Å². The van der Waals surface area contributed by atoms with Crippen LogP contribution in [0, 0.1) is 5.92 Å². The largest absolute Gasteiger partial charge is 0.372 e. The molecular weight excluding hydrogens is 290 g/mol. The van der Waals surface area contributed by atoms with Crippen LogP contribution in [0.25, 0.3) is 0 Å². The molecule has 3 heteroatoms. The number of benzene rings is 1. The van der Waals surface area contributed by atoms with Crippen molar-refractivity contribution < 1.29 is 4.74 Å². The second kappa shape index (κ2) is 7.93. The van der Waals surface area contributed by atoms with Gasteiger partial charge >= 0.3 is 0 Å². The van der Waals surface area contributed by atoms with Gasteiger partial charge in [-0.15, -0.1) is 0 Å². The Labute approximate surface area is 119 Å². The van der Waals surface area contributed by atoms with E-state index in [1.54, 1.807) is 0 Å². The van der Waals surface area contributed by atoms with E-state index in [-0.39, 0.29) is 12.1 Å². The normalized spacial score (nSPS) is 16.3. The minimum atomic E-state index is -0.0163. The van der Waals surface area contributed by atoms with E-state index in [1.807, 2.05) is 19.1 Å². The Morgan fingerprint density at radius 1 is 1.22 bits per heavy atom. The quantitative estimate of drug-likeness (QED) is 0.815. The molecule has 1 aromatic carbocycles. The molecule has 0 spiro atoms. The highest BCUT2D eigenvalue weighted by Crippen LogP contribution is 2.23. The maximum atomic E-state index is 6.03. The average Bonchev–Trinajstić information content (AvgIpc) is 2.31. The molecule has 3 unspecified atom stereocenters. The highest BCUT2D eigenvalue weighted by molar-refractivity contribution is 9.10. The van der Waals surface area contributed by atoms with E-state index >= 15 is 0 Å². The Kier molecular flexibility index (Phi) is 6.90. The molecule has 0 saturated heterocycles. The van der Waals surface area contributed by atoms with Crippen LogP contribution in [0.5, 0.6) is 0 Å². The van der Waals surface area contributed by atoms with Gasteiger partial charge in [0.1, 0.15) is 0 Å². The Hall–Kier alpha value is -0.380. The molecule has 2 nitrogen and oxygen atoms in total. The smallest absolute Gasteiger partial charge is 0.0973 e. The lowest BCUT2D eigenvalue weighted by molar-refractivity contribution is 0.0173. The summed E-state index contributed by atoms with van der Waals surface area (Å²) in [5, 5.41) is 0. The predicted octanol–water partition coefficient (Wildman–Crippen LogP) is 4.29. The first-order chi connectivity index (χ1) is 8.54. The highest BCUT2D eigenvalue weighted by atomic mass is 79.9. The lowest BCUT2D eigenvalue weighted by Gasteiger charge is -2.24. The fraction of sp³-hybridized carbons (Fsp3) is 0.600. The van der Waals surface area contributed by atoms with Gasteiger partial charge in [-0.2, -0.15) is 0 Å². The van der Waals surface area contributed by atoms with Gasteiger partial charge in [-0.05, 0) is 37.0 Å². The van der Waals surface area contributed by atoms with Gasteiger partial charge in [0, 0.05) is 10.5 Å². The van der Waals surface area contributed by atoms with Crippen molar-refractivity contribution in [1.29, 1.82) is 0 Å². The van der Waals surface area contributed by atoms with Crippen molar-refractivity contribution in [2.24, 2.45) is 11.7 Å². The molecule has 0 saturated carbocycles. The summed E-state index contributed by atoms with van der Waals surface area (Å²) in [7, 11) is 0. The monoisotopic (exact) mass is 313 g/mol. The zero-order valence-electron chi connectivity index (χ0n) is 11.5. The van der Waals surface area contributed by atoms with Gasteiger partial charge in [0.05, 0.1) is 12.7 Å². The second-order valence-electron chi connectivity index (χ2n) is 5.06. The summed E-state index contributed by atoms with van der Waals surface area (Å²) < 4.78 is 7.08. The van der Waals surface area contributed by atoms with E-state index in [9.17, 15) is 0 Å². The molecule has 18 heavy (non-hydrogen) atoms. The molecule has 0 amide bonds. The maximum absolute atomic E-state index is 6.03. The van der Waals surface area contributed by atoms with Gasteiger partial charge in [0.2, 0.25) is 0 Å². The van der Waals surface area contributed by atoms with Gasteiger partial charge in [-0.3, -0.25) is 0 Å². The standard InChI is InChI=1S/C15H24BrNO/c1-4-5-11(2)10-18-15(12(3)17)13-6-8-14(16)9-7-13/h6-9,11-12,15H,4-5,10,17H2,1-3H3. The summed E-state index contributed by atoms with van der Waals surface area (Å²) >= 11 is 3.44. The Morgan fingerprint density at radius 2 is 1.83 bits per heavy atom. The van der Waals surface area contributed by atoms with Gasteiger partial charge < -0.3 is 10.5 Å². The van der Waals surface area contributed by atoms with Crippen LogP contribution in [0.2, 0.25) is 0 Å². The molecule has 0 bridgehead atoms. The number of ether oxygens (including phenoxy) is 1. The summed E-state index contributed by atoms with van der Waals surface area (Å²) in [6.45, 7) is 7.20. The van der Waals surface area contributed by atoms with Crippen LogP contribution in [0.15, 0.2) is 28.7 Å². The molecule has 0 heterocycles. The van der Waals surface area contributed by atoms with Crippen molar-refractivity contribution >= 4 is 15.9 Å². The third kappa shape index (κ3) is 5.09. The van der Waals surface area contributed by atoms with E-state index in [0.29, 0.717) is 5.92 Å². The van der Waals surface area contributed by atoms with Crippen LogP contribution >= 0.6 is 15.9 Å². The molecule has 0 aromatic heterocycles. The van der Waals surface area contributed by atoms with Crippen molar-refractivity contribution in [2.75, 3.05) is 6.61 Å². The van der Waals surface area contributed by atoms with Crippen LogP contribution in [0.1, 0.15) is 45.3 Å². The number of nitrogens with two attached hydrogens (primary N) is 1. The minimum absolute atomic E-state index is 0.00000189. The van der Waals surface area contributed by atoms with E-state index in [4.69, 9.17) is 10.5 Å². The van der Waals surface area contributed by atoms with Crippen molar-refractivity contribution in [2.45, 2.75) is 45.8 Å². The fourth-order valence-corrected chi connectivity index (χ4v) is 2.31. The van der Waals surface area contributed by atoms with Crippen molar-refractivity contribution in [3.63, 3.8) is 0 Å². The molecule has 1 aromatic rings. The van der Waals surface area contributed by atoms with Crippen molar-refractivity contribution in [1.82, 2.24) is 0 Å². The predicted molar refractivity (Wildman–Crippen MR) is 80.6 cm³/mol. The Bertz CT molecular complexity index is 337. The molecule has 0 aliphatic heterocycles. The zero-order valence-corrected chi connectivity index (χ0v) is 13.1. The summed E-state index contributed by atoms with van der Waals surface area (Å²) in [5.74, 6) is 0.590. The second-order valence-corrected chi connectivity index (χ2v) is 5.97. The van der Waals surface area contributed by atoms with Crippen LogP contribution in [-0.2, 0) is 4.74 Å². The van der Waals surface area contributed by atoms with Gasteiger partial charge in [-0.25, -0.2) is 0 Å². The fourth-order valence-electron chi connectivity index (χ4n) is 2.05. The molecule has 2 N–H and O–H groups in total. The highest BCUT2D eigenvalue weighted by Gasteiger charge is 2.17. The summed E-state index contributed by atoms with van der Waals surface area (Å²) in [4.78, 5) is 0. The average molecular weight is 314 g/mol. The van der Waals surface area contributed by atoms with E-state index in [0.717, 1.165) is 16.6 Å². The maximum Gasteiger partial charge on any atom is 0.0973 e. The molecule has 102 valence electrons. The molecular formula is C15H24BrNO. The van der Waals surface area contributed by atoms with Crippen LogP contribution in [-0.4, -0.2) is 12.6 Å². The van der Waals surface area contributed by atoms with Crippen molar-refractivity contribution in [3.05, 3.63) is 34.3 Å². The molecule has 0 aliphatic carbocycles. The Morgan fingerprint density at radius 3 is 2.33 bits per heavy atom. The van der Waals surface area contributed by atoms with E-state index in [2.05, 4.69) is 41.9 Å². The lowest BCUT2D eigenvalue weighted by Crippen LogP contribution is -2.28. The first-order valence-electron chi connectivity index (χ1n) is 6.67. The number of hydrogen-bond acceptors (Lipinski definition) is 2. The van der Waals surface area contributed by atoms with Gasteiger partial charge in [0.15, 0.2) is 0 Å². The van der Waals surface area contributed by atoms with Gasteiger partial charge in [-0.1, -0.05) is 48.3 Å². The summed E-state index contributed by atoms with van der Waals surface area (Å²) in [6, 6.07) is 8.21. The third-order valence-electron chi connectivity index (χ3n) is 3.02. The van der Waals surface area contributed by atoms with Crippen LogP contribution < -0.4 is 5.73 Å². The zero-order chi connectivity index (χ0) is 13.5. The van der Waals surface area contributed by atoms with Crippen molar-refractivity contribution in [3.8, 4) is 0 Å². The SMILES string of the molecule is CCCC(C)COC(c1ccc(Br)cc1)C(C)N. The summed E-state index contributed by atoms with van der Waals surface area (Å²) in [6.07, 6.45) is 2.38. The number of rotatable bonds is 7. The number of halogens is 1. The summed E-state index contributed by atoms with van der Waals surface area (Å²) in [5.41, 5.74) is 7.18. The Balaban J connectivity index is 2.63. The first-order valence-corrected chi connectivity index (χ1v) is 7.46. The third-order valence-corrected chi connectivity index (χ3v) is 3.55. The van der Waals surface area contributed by atoms with E-state index < -0.39 is 0 Å². The van der Waals surface area contributed by atoms with Crippen LogP contribution in [0.4, 0.5) is 0 Å². The van der Waals surface area contributed by atoms with Gasteiger partial charge in [0.25, 0.3) is 0 Å². The molecule has 0 radical (unpaired) electrons. The minimum Gasteiger partial charge on any atom is -0.372 e. The van der Waals surface area contributed by atoms with E-state index in [1.165, 1.54) is 12.8 Å².